The molecule has 0 aromatic rings. The minimum Gasteiger partial charge on any atom is -0.466 e. The van der Waals surface area contributed by atoms with Gasteiger partial charge in [0.05, 0.1) is 6.61 Å². The van der Waals surface area contributed by atoms with Gasteiger partial charge in [-0.3, -0.25) is 4.79 Å². The van der Waals surface area contributed by atoms with Crippen LogP contribution in [0.3, 0.4) is 0 Å². The zero-order chi connectivity index (χ0) is 17.7. The van der Waals surface area contributed by atoms with Crippen molar-refractivity contribution in [2.75, 3.05) is 26.3 Å². The van der Waals surface area contributed by atoms with Gasteiger partial charge in [-0.25, -0.2) is 0 Å². The number of carbonyl (C=O) groups is 1. The van der Waals surface area contributed by atoms with Crippen LogP contribution in [0.25, 0.3) is 0 Å². The maximum atomic E-state index is 11.6. The van der Waals surface area contributed by atoms with Crippen molar-refractivity contribution in [2.45, 2.75) is 96.8 Å². The molecule has 0 aliphatic carbocycles. The summed E-state index contributed by atoms with van der Waals surface area (Å²) in [6.07, 6.45) is 15.9. The van der Waals surface area contributed by atoms with Crippen LogP contribution in [0.15, 0.2) is 0 Å². The first-order valence-electron chi connectivity index (χ1n) is 10.3. The summed E-state index contributed by atoms with van der Waals surface area (Å²) in [4.78, 5) is 11.6. The second-order valence-electron chi connectivity index (χ2n) is 6.69. The van der Waals surface area contributed by atoms with E-state index in [1.54, 1.807) is 0 Å². The molecule has 4 heteroatoms. The van der Waals surface area contributed by atoms with Crippen molar-refractivity contribution >= 4 is 5.97 Å². The first-order chi connectivity index (χ1) is 11.8. The van der Waals surface area contributed by atoms with Gasteiger partial charge in [-0.1, -0.05) is 64.7 Å². The first-order valence-corrected chi connectivity index (χ1v) is 10.3. The molecule has 0 aliphatic rings. The van der Waals surface area contributed by atoms with Crippen LogP contribution in [0.5, 0.6) is 0 Å². The largest absolute Gasteiger partial charge is 0.466 e. The van der Waals surface area contributed by atoms with Crippen molar-refractivity contribution in [3.05, 3.63) is 0 Å². The Morgan fingerprint density at radius 1 is 0.792 bits per heavy atom. The molecule has 4 nitrogen and oxygen atoms in total. The third kappa shape index (κ3) is 19.4. The van der Waals surface area contributed by atoms with Crippen LogP contribution < -0.4 is 5.32 Å². The van der Waals surface area contributed by atoms with Crippen LogP contribution in [-0.2, 0) is 9.53 Å². The lowest BCUT2D eigenvalue weighted by Gasteiger charge is -2.06. The fraction of sp³-hybridized carbons (Fsp3) is 0.950. The second-order valence-corrected chi connectivity index (χ2v) is 6.69. The van der Waals surface area contributed by atoms with E-state index in [2.05, 4.69) is 12.2 Å². The van der Waals surface area contributed by atoms with Crippen molar-refractivity contribution in [1.82, 2.24) is 5.32 Å². The third-order valence-corrected chi connectivity index (χ3v) is 4.26. The number of unbranched alkanes of at least 4 members (excludes halogenated alkanes) is 10. The predicted octanol–water partition coefficient (Wildman–Crippen LogP) is 4.59. The average molecular weight is 344 g/mol. The summed E-state index contributed by atoms with van der Waals surface area (Å²) >= 11 is 0. The van der Waals surface area contributed by atoms with E-state index in [1.807, 2.05) is 0 Å². The third-order valence-electron chi connectivity index (χ3n) is 4.26. The molecular weight excluding hydrogens is 302 g/mol. The van der Waals surface area contributed by atoms with Gasteiger partial charge in [0.2, 0.25) is 0 Å². The molecule has 0 amide bonds. The zero-order valence-electron chi connectivity index (χ0n) is 16.0. The summed E-state index contributed by atoms with van der Waals surface area (Å²) in [6.45, 7) is 4.99. The van der Waals surface area contributed by atoms with E-state index < -0.39 is 0 Å². The van der Waals surface area contributed by atoms with E-state index in [4.69, 9.17) is 9.84 Å². The van der Waals surface area contributed by atoms with E-state index >= 15 is 0 Å². The number of rotatable bonds is 19. The van der Waals surface area contributed by atoms with Gasteiger partial charge in [0.15, 0.2) is 0 Å². The quantitative estimate of drug-likeness (QED) is 0.266. The van der Waals surface area contributed by atoms with Crippen molar-refractivity contribution in [2.24, 2.45) is 0 Å². The molecular formula is C20H41NO3. The lowest BCUT2D eigenvalue weighted by Crippen LogP contribution is -2.17. The Hall–Kier alpha value is -0.610. The monoisotopic (exact) mass is 343 g/mol. The van der Waals surface area contributed by atoms with Crippen molar-refractivity contribution in [3.8, 4) is 0 Å². The van der Waals surface area contributed by atoms with Crippen LogP contribution in [0, 0.1) is 0 Å². The lowest BCUT2D eigenvalue weighted by molar-refractivity contribution is -0.143. The van der Waals surface area contributed by atoms with E-state index in [9.17, 15) is 4.79 Å². The smallest absolute Gasteiger partial charge is 0.305 e. The van der Waals surface area contributed by atoms with E-state index in [0.29, 0.717) is 13.0 Å². The molecule has 0 heterocycles. The van der Waals surface area contributed by atoms with Gasteiger partial charge in [-0.15, -0.1) is 0 Å². The standard InChI is InChI=1S/C20H41NO3/c1-2-3-4-5-6-7-10-13-19-24-20(23)15-11-8-9-12-16-21-17-14-18-22/h21-22H,2-19H2,1H3. The molecule has 0 saturated heterocycles. The maximum absolute atomic E-state index is 11.6. The Morgan fingerprint density at radius 3 is 2.08 bits per heavy atom. The van der Waals surface area contributed by atoms with Gasteiger partial charge in [0.25, 0.3) is 0 Å². The summed E-state index contributed by atoms with van der Waals surface area (Å²) in [6, 6.07) is 0. The molecule has 0 aromatic heterocycles. The molecule has 0 aliphatic heterocycles. The summed E-state index contributed by atoms with van der Waals surface area (Å²) in [5, 5.41) is 11.9. The van der Waals surface area contributed by atoms with Crippen LogP contribution in [0.2, 0.25) is 0 Å². The summed E-state index contributed by atoms with van der Waals surface area (Å²) in [5.74, 6) is -0.0287. The van der Waals surface area contributed by atoms with Gasteiger partial charge in [0.1, 0.15) is 0 Å². The maximum Gasteiger partial charge on any atom is 0.305 e. The number of aliphatic hydroxyl groups is 1. The van der Waals surface area contributed by atoms with Crippen LogP contribution in [0.1, 0.15) is 96.8 Å². The molecule has 0 radical (unpaired) electrons. The minimum atomic E-state index is -0.0287. The lowest BCUT2D eigenvalue weighted by atomic mass is 10.1. The molecule has 2 N–H and O–H groups in total. The van der Waals surface area contributed by atoms with Crippen molar-refractivity contribution in [3.63, 3.8) is 0 Å². The Kier molecular flexibility index (Phi) is 19.9. The molecule has 0 atom stereocenters. The highest BCUT2D eigenvalue weighted by Crippen LogP contribution is 2.09. The zero-order valence-corrected chi connectivity index (χ0v) is 16.0. The number of ether oxygens (including phenoxy) is 1. The first kappa shape index (κ1) is 23.4. The molecule has 0 aromatic carbocycles. The molecule has 0 rings (SSSR count). The predicted molar refractivity (Wildman–Crippen MR) is 101 cm³/mol. The number of hydrogen-bond donors (Lipinski definition) is 2. The normalized spacial score (nSPS) is 10.9. The van der Waals surface area contributed by atoms with Gasteiger partial charge in [-0.05, 0) is 38.8 Å². The molecule has 0 unspecified atom stereocenters. The van der Waals surface area contributed by atoms with Crippen LogP contribution in [-0.4, -0.2) is 37.4 Å². The Labute approximate surface area is 149 Å². The fourth-order valence-corrected chi connectivity index (χ4v) is 2.70. The topological polar surface area (TPSA) is 58.6 Å². The Bertz CT molecular complexity index is 235. The molecule has 0 bridgehead atoms. The molecule has 0 fully saturated rings. The van der Waals surface area contributed by atoms with Gasteiger partial charge >= 0.3 is 5.97 Å². The number of aliphatic hydroxyl groups excluding tert-OH is 1. The summed E-state index contributed by atoms with van der Waals surface area (Å²) in [7, 11) is 0. The Balaban J connectivity index is 3.13. The highest BCUT2D eigenvalue weighted by molar-refractivity contribution is 5.69. The van der Waals surface area contributed by atoms with E-state index in [0.717, 1.165) is 51.6 Å². The number of carbonyl (C=O) groups excluding carboxylic acids is 1. The summed E-state index contributed by atoms with van der Waals surface area (Å²) < 4.78 is 5.28. The van der Waals surface area contributed by atoms with Crippen molar-refractivity contribution < 1.29 is 14.6 Å². The molecule has 0 spiro atoms. The molecule has 144 valence electrons. The van der Waals surface area contributed by atoms with Crippen molar-refractivity contribution in [1.29, 1.82) is 0 Å². The van der Waals surface area contributed by atoms with E-state index in [1.165, 1.54) is 44.9 Å². The SMILES string of the molecule is CCCCCCCCCCOC(=O)CCCCCCNCCCO. The highest BCUT2D eigenvalue weighted by atomic mass is 16.5. The van der Waals surface area contributed by atoms with Gasteiger partial charge in [-0.2, -0.15) is 0 Å². The second kappa shape index (κ2) is 20.4. The minimum absolute atomic E-state index is 0.0287. The molecule has 0 saturated carbocycles. The summed E-state index contributed by atoms with van der Waals surface area (Å²) in [5.41, 5.74) is 0. The van der Waals surface area contributed by atoms with E-state index in [-0.39, 0.29) is 12.6 Å². The average Bonchev–Trinajstić information content (AvgIpc) is 2.59. The highest BCUT2D eigenvalue weighted by Gasteiger charge is 2.02. The molecule has 24 heavy (non-hydrogen) atoms. The number of esters is 1. The van der Waals surface area contributed by atoms with Crippen LogP contribution >= 0.6 is 0 Å². The number of hydrogen-bond acceptors (Lipinski definition) is 4. The van der Waals surface area contributed by atoms with Gasteiger partial charge < -0.3 is 15.2 Å². The van der Waals surface area contributed by atoms with Crippen LogP contribution in [0.4, 0.5) is 0 Å². The number of nitrogens with one attached hydrogen (secondary N) is 1. The van der Waals surface area contributed by atoms with Gasteiger partial charge in [0, 0.05) is 13.0 Å². The Morgan fingerprint density at radius 2 is 1.38 bits per heavy atom. The fourth-order valence-electron chi connectivity index (χ4n) is 2.70.